The minimum absolute atomic E-state index is 0.293. The van der Waals surface area contributed by atoms with Crippen LogP contribution >= 0.6 is 0 Å². The summed E-state index contributed by atoms with van der Waals surface area (Å²) in [4.78, 5) is 0. The third-order valence-electron chi connectivity index (χ3n) is 5.98. The van der Waals surface area contributed by atoms with Crippen LogP contribution in [0.3, 0.4) is 0 Å². The summed E-state index contributed by atoms with van der Waals surface area (Å²) in [5, 5.41) is 0. The number of rotatable bonds is 7. The molecular weight excluding hydrogens is 395 g/mol. The van der Waals surface area contributed by atoms with Crippen molar-refractivity contribution in [3.63, 3.8) is 0 Å². The first kappa shape index (κ1) is 22.5. The zero-order valence-corrected chi connectivity index (χ0v) is 16.9. The van der Waals surface area contributed by atoms with Crippen molar-refractivity contribution < 1.29 is 22.0 Å². The van der Waals surface area contributed by atoms with Crippen LogP contribution in [0.15, 0.2) is 54.6 Å². The third kappa shape index (κ3) is 6.16. The summed E-state index contributed by atoms with van der Waals surface area (Å²) in [5.74, 6) is 0.0231. The molecule has 0 saturated heterocycles. The SMILES string of the molecule is FCC/C=C/C1CCC(CCc2ccc(-c3ccc(C(F)(F)F)c(F)c3)cc2)CC1. The van der Waals surface area contributed by atoms with Crippen LogP contribution in [0.4, 0.5) is 22.0 Å². The molecule has 0 aliphatic heterocycles. The lowest BCUT2D eigenvalue weighted by Gasteiger charge is -2.26. The van der Waals surface area contributed by atoms with Crippen molar-refractivity contribution in [3.05, 3.63) is 71.6 Å². The van der Waals surface area contributed by atoms with Crippen LogP contribution in [0.5, 0.6) is 0 Å². The fourth-order valence-electron chi connectivity index (χ4n) is 4.18. The van der Waals surface area contributed by atoms with Crippen molar-refractivity contribution in [3.8, 4) is 11.1 Å². The quantitative estimate of drug-likeness (QED) is 0.312. The predicted molar refractivity (Wildman–Crippen MR) is 110 cm³/mol. The molecule has 162 valence electrons. The molecule has 0 amide bonds. The first-order chi connectivity index (χ1) is 14.4. The molecule has 3 rings (SSSR count). The molecule has 30 heavy (non-hydrogen) atoms. The topological polar surface area (TPSA) is 0 Å². The van der Waals surface area contributed by atoms with Crippen molar-refractivity contribution in [2.45, 2.75) is 51.1 Å². The zero-order valence-electron chi connectivity index (χ0n) is 16.9. The van der Waals surface area contributed by atoms with Gasteiger partial charge in [0.15, 0.2) is 0 Å². The number of aryl methyl sites for hydroxylation is 1. The van der Waals surface area contributed by atoms with Gasteiger partial charge in [0.1, 0.15) is 5.82 Å². The lowest BCUT2D eigenvalue weighted by atomic mass is 9.79. The smallest absolute Gasteiger partial charge is 0.251 e. The summed E-state index contributed by atoms with van der Waals surface area (Å²) >= 11 is 0. The summed E-state index contributed by atoms with van der Waals surface area (Å²) in [6, 6.07) is 10.7. The van der Waals surface area contributed by atoms with E-state index in [4.69, 9.17) is 0 Å². The van der Waals surface area contributed by atoms with E-state index in [1.165, 1.54) is 24.5 Å². The van der Waals surface area contributed by atoms with Crippen LogP contribution in [-0.4, -0.2) is 6.67 Å². The van der Waals surface area contributed by atoms with Crippen molar-refractivity contribution in [2.24, 2.45) is 11.8 Å². The highest BCUT2D eigenvalue weighted by Crippen LogP contribution is 2.34. The van der Waals surface area contributed by atoms with Gasteiger partial charge < -0.3 is 0 Å². The maximum atomic E-state index is 13.8. The van der Waals surface area contributed by atoms with Crippen LogP contribution in [-0.2, 0) is 12.6 Å². The molecule has 0 radical (unpaired) electrons. The van der Waals surface area contributed by atoms with Crippen LogP contribution in [0.25, 0.3) is 11.1 Å². The second-order valence-corrected chi connectivity index (χ2v) is 8.11. The Morgan fingerprint density at radius 1 is 0.900 bits per heavy atom. The highest BCUT2D eigenvalue weighted by atomic mass is 19.4. The molecule has 0 unspecified atom stereocenters. The maximum Gasteiger partial charge on any atom is 0.419 e. The van der Waals surface area contributed by atoms with E-state index in [9.17, 15) is 22.0 Å². The number of hydrogen-bond donors (Lipinski definition) is 0. The van der Waals surface area contributed by atoms with Crippen LogP contribution in [0, 0.1) is 17.7 Å². The minimum atomic E-state index is -4.68. The number of benzene rings is 2. The Bertz CT molecular complexity index is 828. The Morgan fingerprint density at radius 2 is 1.57 bits per heavy atom. The summed E-state index contributed by atoms with van der Waals surface area (Å²) in [5.41, 5.74) is 1.07. The summed E-state index contributed by atoms with van der Waals surface area (Å²) in [6.45, 7) is -0.293. The first-order valence-corrected chi connectivity index (χ1v) is 10.6. The van der Waals surface area contributed by atoms with Gasteiger partial charge in [-0.2, -0.15) is 13.2 Å². The van der Waals surface area contributed by atoms with Gasteiger partial charge in [-0.3, -0.25) is 4.39 Å². The number of halogens is 5. The van der Waals surface area contributed by atoms with E-state index < -0.39 is 17.6 Å². The lowest BCUT2D eigenvalue weighted by molar-refractivity contribution is -0.139. The molecule has 0 aromatic heterocycles. The molecule has 5 heteroatoms. The summed E-state index contributed by atoms with van der Waals surface area (Å²) < 4.78 is 64.1. The van der Waals surface area contributed by atoms with Gasteiger partial charge in [-0.15, -0.1) is 0 Å². The van der Waals surface area contributed by atoms with Gasteiger partial charge in [0.25, 0.3) is 0 Å². The summed E-state index contributed by atoms with van der Waals surface area (Å²) in [6.07, 6.45) is 6.70. The van der Waals surface area contributed by atoms with Crippen LogP contribution in [0.2, 0.25) is 0 Å². The number of allylic oxidation sites excluding steroid dienone is 2. The molecule has 1 aliphatic rings. The molecule has 0 N–H and O–H groups in total. The Kier molecular flexibility index (Phi) is 7.68. The highest BCUT2D eigenvalue weighted by Gasteiger charge is 2.33. The van der Waals surface area contributed by atoms with E-state index >= 15 is 0 Å². The lowest BCUT2D eigenvalue weighted by Crippen LogP contribution is -2.13. The van der Waals surface area contributed by atoms with E-state index in [0.29, 0.717) is 29.4 Å². The van der Waals surface area contributed by atoms with Crippen LogP contribution in [0.1, 0.15) is 49.7 Å². The van der Waals surface area contributed by atoms with Crippen molar-refractivity contribution in [1.82, 2.24) is 0 Å². The van der Waals surface area contributed by atoms with E-state index in [-0.39, 0.29) is 6.67 Å². The van der Waals surface area contributed by atoms with Gasteiger partial charge in [-0.1, -0.05) is 42.5 Å². The molecule has 0 atom stereocenters. The average molecular weight is 422 g/mol. The normalized spacial score (nSPS) is 20.0. The number of hydrogen-bond acceptors (Lipinski definition) is 0. The Labute approximate surface area is 174 Å². The third-order valence-corrected chi connectivity index (χ3v) is 5.98. The minimum Gasteiger partial charge on any atom is -0.251 e. The van der Waals surface area contributed by atoms with E-state index in [1.807, 2.05) is 30.3 Å². The molecule has 2 aromatic carbocycles. The molecule has 0 heterocycles. The van der Waals surface area contributed by atoms with E-state index in [0.717, 1.165) is 37.8 Å². The number of alkyl halides is 4. The monoisotopic (exact) mass is 422 g/mol. The maximum absolute atomic E-state index is 13.8. The molecule has 1 saturated carbocycles. The second-order valence-electron chi connectivity index (χ2n) is 8.11. The van der Waals surface area contributed by atoms with Gasteiger partial charge in [0.2, 0.25) is 0 Å². The second kappa shape index (κ2) is 10.2. The Hall–Kier alpha value is -2.17. The Balaban J connectivity index is 1.51. The van der Waals surface area contributed by atoms with Crippen molar-refractivity contribution >= 4 is 0 Å². The van der Waals surface area contributed by atoms with Gasteiger partial charge in [-0.05, 0) is 85.6 Å². The van der Waals surface area contributed by atoms with E-state index in [1.54, 1.807) is 0 Å². The first-order valence-electron chi connectivity index (χ1n) is 10.6. The van der Waals surface area contributed by atoms with Gasteiger partial charge in [0.05, 0.1) is 12.2 Å². The standard InChI is InChI=1S/C25H27F5/c26-16-2-1-3-18-4-6-19(7-5-18)8-9-20-10-12-21(13-11-20)22-14-15-23(24(27)17-22)25(28,29)30/h1,3,10-15,17-19H,2,4-9,16H2/b3-1+. The largest absolute Gasteiger partial charge is 0.419 e. The van der Waals surface area contributed by atoms with Crippen LogP contribution < -0.4 is 0 Å². The average Bonchev–Trinajstić information content (AvgIpc) is 2.73. The molecular formula is C25H27F5. The Morgan fingerprint density at radius 3 is 2.17 bits per heavy atom. The molecule has 1 aliphatic carbocycles. The molecule has 2 aromatic rings. The predicted octanol–water partition coefficient (Wildman–Crippen LogP) is 8.17. The van der Waals surface area contributed by atoms with Gasteiger partial charge in [0, 0.05) is 0 Å². The molecule has 0 nitrogen and oxygen atoms in total. The highest BCUT2D eigenvalue weighted by molar-refractivity contribution is 5.64. The summed E-state index contributed by atoms with van der Waals surface area (Å²) in [7, 11) is 0. The molecule has 0 spiro atoms. The molecule has 0 bridgehead atoms. The van der Waals surface area contributed by atoms with Crippen molar-refractivity contribution in [1.29, 1.82) is 0 Å². The van der Waals surface area contributed by atoms with Gasteiger partial charge >= 0.3 is 6.18 Å². The fraction of sp³-hybridized carbons (Fsp3) is 0.440. The van der Waals surface area contributed by atoms with E-state index in [2.05, 4.69) is 6.08 Å². The van der Waals surface area contributed by atoms with Gasteiger partial charge in [-0.25, -0.2) is 4.39 Å². The zero-order chi connectivity index (χ0) is 21.6. The van der Waals surface area contributed by atoms with Crippen molar-refractivity contribution in [2.75, 3.05) is 6.67 Å². The molecule has 1 fully saturated rings. The fourth-order valence-corrected chi connectivity index (χ4v) is 4.18.